The van der Waals surface area contributed by atoms with E-state index in [4.69, 9.17) is 15.9 Å². The number of aliphatic carboxylic acids is 3. The van der Waals surface area contributed by atoms with Gasteiger partial charge in [0.25, 0.3) is 0 Å². The van der Waals surface area contributed by atoms with E-state index < -0.39 is 85.5 Å². The van der Waals surface area contributed by atoms with Crippen molar-refractivity contribution in [1.82, 2.24) is 16.0 Å². The Morgan fingerprint density at radius 1 is 0.750 bits per heavy atom. The number of carbonyl (C=O) groups excluding carboxylic acids is 3. The van der Waals surface area contributed by atoms with E-state index in [1.165, 1.54) is 31.2 Å². The summed E-state index contributed by atoms with van der Waals surface area (Å²) in [7, 11) is 0. The number of carbonyl (C=O) groups is 6. The summed E-state index contributed by atoms with van der Waals surface area (Å²) in [6.45, 7) is 1.39. The molecular formula is C22H30N4O10. The number of benzene rings is 1. The first kappa shape index (κ1) is 29.8. The van der Waals surface area contributed by atoms with Crippen molar-refractivity contribution in [2.45, 2.75) is 63.2 Å². The normalized spacial score (nSPS) is 13.9. The molecule has 3 amide bonds. The molecule has 198 valence electrons. The maximum absolute atomic E-state index is 13.0. The van der Waals surface area contributed by atoms with Gasteiger partial charge in [-0.3, -0.25) is 24.0 Å². The molecule has 0 aliphatic rings. The maximum atomic E-state index is 13.0. The first-order chi connectivity index (χ1) is 16.8. The van der Waals surface area contributed by atoms with Crippen LogP contribution in [0.5, 0.6) is 5.75 Å². The van der Waals surface area contributed by atoms with Crippen LogP contribution in [0.3, 0.4) is 0 Å². The van der Waals surface area contributed by atoms with Crippen LogP contribution in [-0.2, 0) is 35.2 Å². The van der Waals surface area contributed by atoms with Crippen LogP contribution in [0.25, 0.3) is 0 Å². The number of nitrogens with two attached hydrogens (primary N) is 1. The standard InChI is InChI=1S/C22H30N4O10/c1-11(23)19(32)26-16(10-12-2-4-13(27)5-3-12)21(34)24-14(6-8-17(28)29)20(33)25-15(22(35)36)7-9-18(30)31/h2-5,11,14-16,27H,6-10,23H2,1H3,(H,24,34)(H,25,33)(H,26,32)(H,28,29)(H,30,31)(H,35,36). The van der Waals surface area contributed by atoms with Crippen molar-refractivity contribution in [2.75, 3.05) is 0 Å². The van der Waals surface area contributed by atoms with Gasteiger partial charge >= 0.3 is 17.9 Å². The van der Waals surface area contributed by atoms with Crippen molar-refractivity contribution in [3.05, 3.63) is 29.8 Å². The van der Waals surface area contributed by atoms with Crippen LogP contribution in [0, 0.1) is 0 Å². The number of carboxylic acids is 3. The fourth-order valence-electron chi connectivity index (χ4n) is 2.99. The van der Waals surface area contributed by atoms with E-state index in [1.807, 2.05) is 0 Å². The summed E-state index contributed by atoms with van der Waals surface area (Å²) in [4.78, 5) is 71.1. The number of phenols is 1. The van der Waals surface area contributed by atoms with Crippen LogP contribution in [0.2, 0.25) is 0 Å². The molecule has 0 saturated carbocycles. The summed E-state index contributed by atoms with van der Waals surface area (Å²) in [5, 5.41) is 43.4. The minimum absolute atomic E-state index is 0.0272. The lowest BCUT2D eigenvalue weighted by Crippen LogP contribution is -2.57. The number of carboxylic acid groups (broad SMARTS) is 3. The molecule has 0 heterocycles. The van der Waals surface area contributed by atoms with E-state index in [1.54, 1.807) is 0 Å². The average molecular weight is 511 g/mol. The van der Waals surface area contributed by atoms with Gasteiger partial charge < -0.3 is 42.1 Å². The molecule has 1 rings (SSSR count). The fraction of sp³-hybridized carbons (Fsp3) is 0.455. The Hall–Kier alpha value is -4.20. The number of phenolic OH excluding ortho intramolecular Hbond substituents is 1. The van der Waals surface area contributed by atoms with Crippen molar-refractivity contribution >= 4 is 35.6 Å². The van der Waals surface area contributed by atoms with Gasteiger partial charge in [0.2, 0.25) is 17.7 Å². The fourth-order valence-corrected chi connectivity index (χ4v) is 2.99. The van der Waals surface area contributed by atoms with Gasteiger partial charge in [-0.2, -0.15) is 0 Å². The topological polar surface area (TPSA) is 245 Å². The molecule has 0 spiro atoms. The minimum Gasteiger partial charge on any atom is -0.508 e. The van der Waals surface area contributed by atoms with E-state index in [0.717, 1.165) is 0 Å². The maximum Gasteiger partial charge on any atom is 0.326 e. The molecule has 36 heavy (non-hydrogen) atoms. The Bertz CT molecular complexity index is 964. The molecule has 9 N–H and O–H groups in total. The molecule has 1 aromatic rings. The van der Waals surface area contributed by atoms with Crippen molar-refractivity contribution < 1.29 is 49.2 Å². The van der Waals surface area contributed by atoms with Gasteiger partial charge in [-0.05, 0) is 37.5 Å². The Labute approximate surface area is 205 Å². The molecule has 4 unspecified atom stereocenters. The van der Waals surface area contributed by atoms with Crippen LogP contribution in [0.4, 0.5) is 0 Å². The highest BCUT2D eigenvalue weighted by molar-refractivity contribution is 5.94. The first-order valence-corrected chi connectivity index (χ1v) is 10.9. The molecule has 14 heteroatoms. The predicted octanol–water partition coefficient (Wildman–Crippen LogP) is -1.45. The first-order valence-electron chi connectivity index (χ1n) is 10.9. The molecule has 0 aromatic heterocycles. The van der Waals surface area contributed by atoms with Crippen molar-refractivity contribution in [3.63, 3.8) is 0 Å². The van der Waals surface area contributed by atoms with Gasteiger partial charge in [-0.1, -0.05) is 12.1 Å². The lowest BCUT2D eigenvalue weighted by atomic mass is 10.0. The summed E-state index contributed by atoms with van der Waals surface area (Å²) in [5.41, 5.74) is 6.09. The van der Waals surface area contributed by atoms with Gasteiger partial charge in [0.1, 0.15) is 23.9 Å². The van der Waals surface area contributed by atoms with Gasteiger partial charge in [0.05, 0.1) is 6.04 Å². The van der Waals surface area contributed by atoms with E-state index in [-0.39, 0.29) is 12.2 Å². The summed E-state index contributed by atoms with van der Waals surface area (Å²) >= 11 is 0. The lowest BCUT2D eigenvalue weighted by molar-refractivity contribution is -0.144. The number of aromatic hydroxyl groups is 1. The second kappa shape index (κ2) is 14.3. The molecule has 0 saturated heterocycles. The van der Waals surface area contributed by atoms with Crippen molar-refractivity contribution in [2.24, 2.45) is 5.73 Å². The molecule has 0 bridgehead atoms. The van der Waals surface area contributed by atoms with Crippen molar-refractivity contribution in [1.29, 1.82) is 0 Å². The van der Waals surface area contributed by atoms with Gasteiger partial charge in [0, 0.05) is 19.3 Å². The van der Waals surface area contributed by atoms with Gasteiger partial charge in [-0.15, -0.1) is 0 Å². The highest BCUT2D eigenvalue weighted by atomic mass is 16.4. The molecule has 1 aromatic carbocycles. The highest BCUT2D eigenvalue weighted by Gasteiger charge is 2.30. The largest absolute Gasteiger partial charge is 0.508 e. The Morgan fingerprint density at radius 2 is 1.19 bits per heavy atom. The zero-order chi connectivity index (χ0) is 27.4. The molecule has 0 radical (unpaired) electrons. The highest BCUT2D eigenvalue weighted by Crippen LogP contribution is 2.12. The summed E-state index contributed by atoms with van der Waals surface area (Å²) < 4.78 is 0. The lowest BCUT2D eigenvalue weighted by Gasteiger charge is -2.25. The third-order valence-corrected chi connectivity index (χ3v) is 4.96. The third kappa shape index (κ3) is 10.8. The van der Waals surface area contributed by atoms with Crippen LogP contribution in [0.15, 0.2) is 24.3 Å². The summed E-state index contributed by atoms with van der Waals surface area (Å²) in [5.74, 6) is -6.70. The molecular weight excluding hydrogens is 480 g/mol. The predicted molar refractivity (Wildman–Crippen MR) is 123 cm³/mol. The van der Waals surface area contributed by atoms with Crippen LogP contribution >= 0.6 is 0 Å². The molecule has 0 aliphatic carbocycles. The van der Waals surface area contributed by atoms with E-state index in [2.05, 4.69) is 16.0 Å². The zero-order valence-corrected chi connectivity index (χ0v) is 19.5. The molecule has 14 nitrogen and oxygen atoms in total. The zero-order valence-electron chi connectivity index (χ0n) is 19.5. The van der Waals surface area contributed by atoms with Gasteiger partial charge in [-0.25, -0.2) is 4.79 Å². The minimum atomic E-state index is -1.59. The quantitative estimate of drug-likeness (QED) is 0.136. The smallest absolute Gasteiger partial charge is 0.326 e. The summed E-state index contributed by atoms with van der Waals surface area (Å²) in [6.07, 6.45) is -2.04. The number of amides is 3. The second-order valence-electron chi connectivity index (χ2n) is 8.05. The summed E-state index contributed by atoms with van der Waals surface area (Å²) in [6, 6.07) is 0.406. The van der Waals surface area contributed by atoms with Crippen LogP contribution in [-0.4, -0.2) is 80.2 Å². The monoisotopic (exact) mass is 510 g/mol. The van der Waals surface area contributed by atoms with E-state index >= 15 is 0 Å². The Morgan fingerprint density at radius 3 is 1.67 bits per heavy atom. The Kier molecular flexibility index (Phi) is 11.8. The second-order valence-corrected chi connectivity index (χ2v) is 8.05. The average Bonchev–Trinajstić information content (AvgIpc) is 2.79. The van der Waals surface area contributed by atoms with Gasteiger partial charge in [0.15, 0.2) is 0 Å². The molecule has 0 aliphatic heterocycles. The molecule has 0 fully saturated rings. The Balaban J connectivity index is 3.10. The SMILES string of the molecule is CC(N)C(=O)NC(Cc1ccc(O)cc1)C(=O)NC(CCC(=O)O)C(=O)NC(CCC(=O)O)C(=O)O. The third-order valence-electron chi connectivity index (χ3n) is 4.96. The number of hydrogen-bond acceptors (Lipinski definition) is 8. The van der Waals surface area contributed by atoms with Crippen LogP contribution in [0.1, 0.15) is 38.2 Å². The number of nitrogens with one attached hydrogen (secondary N) is 3. The molecule has 4 atom stereocenters. The number of rotatable bonds is 15. The van der Waals surface area contributed by atoms with Crippen LogP contribution < -0.4 is 21.7 Å². The number of hydrogen-bond donors (Lipinski definition) is 8. The van der Waals surface area contributed by atoms with E-state index in [0.29, 0.717) is 5.56 Å². The van der Waals surface area contributed by atoms with Crippen molar-refractivity contribution in [3.8, 4) is 5.75 Å². The van der Waals surface area contributed by atoms with E-state index in [9.17, 15) is 39.0 Å².